The molecule has 2 nitrogen and oxygen atoms in total. The molecule has 0 spiro atoms. The lowest BCUT2D eigenvalue weighted by Gasteiger charge is -2.29. The molecule has 2 fully saturated rings. The first-order valence-corrected chi connectivity index (χ1v) is 10.1. The summed E-state index contributed by atoms with van der Waals surface area (Å²) in [5, 5.41) is 0. The average Bonchev–Trinajstić information content (AvgIpc) is 3.23. The maximum Gasteiger partial charge on any atom is 0.00537 e. The van der Waals surface area contributed by atoms with Crippen LogP contribution in [0.25, 0.3) is 0 Å². The summed E-state index contributed by atoms with van der Waals surface area (Å²) < 4.78 is 0. The molecule has 0 radical (unpaired) electrons. The second-order valence-corrected chi connectivity index (χ2v) is 8.40. The van der Waals surface area contributed by atoms with Crippen molar-refractivity contribution in [3.05, 3.63) is 48.0 Å². The first kappa shape index (κ1) is 20.2. The van der Waals surface area contributed by atoms with E-state index in [4.69, 9.17) is 5.73 Å². The van der Waals surface area contributed by atoms with Gasteiger partial charge in [-0.2, -0.15) is 0 Å². The van der Waals surface area contributed by atoms with Gasteiger partial charge in [0.1, 0.15) is 0 Å². The number of nitrogens with zero attached hydrogens (tertiary/aromatic N) is 1. The third kappa shape index (κ3) is 5.43. The minimum atomic E-state index is 0.223. The van der Waals surface area contributed by atoms with E-state index in [1.807, 2.05) is 6.08 Å². The summed E-state index contributed by atoms with van der Waals surface area (Å²) in [7, 11) is 2.22. The van der Waals surface area contributed by atoms with E-state index in [0.717, 1.165) is 32.0 Å². The number of allylic oxidation sites excluding steroid dienone is 1. The monoisotopic (exact) mass is 342 g/mol. The molecule has 1 saturated carbocycles. The highest BCUT2D eigenvalue weighted by Gasteiger charge is 2.41. The van der Waals surface area contributed by atoms with Gasteiger partial charge in [-0.15, -0.1) is 6.58 Å². The van der Waals surface area contributed by atoms with Gasteiger partial charge in [-0.1, -0.05) is 69.9 Å². The summed E-state index contributed by atoms with van der Waals surface area (Å²) in [6.45, 7) is 10.9. The zero-order chi connectivity index (χ0) is 18.3. The van der Waals surface area contributed by atoms with Gasteiger partial charge >= 0.3 is 0 Å². The fourth-order valence-corrected chi connectivity index (χ4v) is 4.52. The van der Waals surface area contributed by atoms with Crippen LogP contribution in [0.15, 0.2) is 36.9 Å². The maximum absolute atomic E-state index is 6.10. The Morgan fingerprint density at radius 1 is 1.32 bits per heavy atom. The Morgan fingerprint density at radius 3 is 2.60 bits per heavy atom. The molecule has 0 bridgehead atoms. The van der Waals surface area contributed by atoms with Crippen LogP contribution in [0.4, 0.5) is 0 Å². The molecule has 1 aromatic carbocycles. The maximum atomic E-state index is 6.10. The molecule has 1 saturated heterocycles. The van der Waals surface area contributed by atoms with Crippen molar-refractivity contribution in [2.75, 3.05) is 26.7 Å². The Hall–Kier alpha value is -1.12. The van der Waals surface area contributed by atoms with E-state index >= 15 is 0 Å². The van der Waals surface area contributed by atoms with Crippen molar-refractivity contribution in [1.29, 1.82) is 0 Å². The van der Waals surface area contributed by atoms with Crippen LogP contribution >= 0.6 is 0 Å². The zero-order valence-electron chi connectivity index (χ0n) is 16.6. The van der Waals surface area contributed by atoms with E-state index in [1.54, 1.807) is 0 Å². The number of benzene rings is 1. The van der Waals surface area contributed by atoms with Crippen molar-refractivity contribution in [3.63, 3.8) is 0 Å². The molecule has 1 aromatic rings. The predicted octanol–water partition coefficient (Wildman–Crippen LogP) is 5.00. The van der Waals surface area contributed by atoms with Crippen molar-refractivity contribution in [2.24, 2.45) is 17.1 Å². The van der Waals surface area contributed by atoms with Crippen LogP contribution in [0.1, 0.15) is 63.0 Å². The SMILES string of the molecule is C=CCC.CN1CC(c2cccc(CC3CCCC3)c2)C(C)(CN)C1. The summed E-state index contributed by atoms with van der Waals surface area (Å²) in [5.41, 5.74) is 9.36. The number of rotatable bonds is 5. The Morgan fingerprint density at radius 2 is 2.00 bits per heavy atom. The minimum absolute atomic E-state index is 0.223. The number of hydrogen-bond donors (Lipinski definition) is 1. The zero-order valence-corrected chi connectivity index (χ0v) is 16.6. The van der Waals surface area contributed by atoms with Crippen LogP contribution in [0, 0.1) is 11.3 Å². The minimum Gasteiger partial charge on any atom is -0.330 e. The average molecular weight is 343 g/mol. The summed E-state index contributed by atoms with van der Waals surface area (Å²) in [5.74, 6) is 1.50. The van der Waals surface area contributed by atoms with Crippen molar-refractivity contribution in [1.82, 2.24) is 4.90 Å². The van der Waals surface area contributed by atoms with E-state index in [2.05, 4.69) is 56.6 Å². The van der Waals surface area contributed by atoms with E-state index in [-0.39, 0.29) is 5.41 Å². The highest BCUT2D eigenvalue weighted by molar-refractivity contribution is 5.30. The largest absolute Gasteiger partial charge is 0.330 e. The predicted molar refractivity (Wildman–Crippen MR) is 110 cm³/mol. The fraction of sp³-hybridized carbons (Fsp3) is 0.652. The topological polar surface area (TPSA) is 29.3 Å². The number of hydrogen-bond acceptors (Lipinski definition) is 2. The number of likely N-dealkylation sites (tertiary alicyclic amines) is 1. The van der Waals surface area contributed by atoms with E-state index in [1.165, 1.54) is 43.2 Å². The number of nitrogens with two attached hydrogens (primary N) is 1. The molecule has 2 unspecified atom stereocenters. The summed E-state index contributed by atoms with van der Waals surface area (Å²) in [4.78, 5) is 2.43. The molecular formula is C23H38N2. The standard InChI is InChI=1S/C19H30N2.C4H8/c1-19(13-20)14-21(2)12-18(19)17-9-5-8-16(11-17)10-15-6-3-4-7-15;1-3-4-2/h5,8-9,11,15,18H,3-4,6-7,10,12-14,20H2,1-2H3;3H,1,4H2,2H3. The molecule has 1 aliphatic carbocycles. The van der Waals surface area contributed by atoms with Crippen molar-refractivity contribution in [3.8, 4) is 0 Å². The van der Waals surface area contributed by atoms with Gasteiger partial charge in [0.05, 0.1) is 0 Å². The van der Waals surface area contributed by atoms with Gasteiger partial charge in [-0.3, -0.25) is 0 Å². The van der Waals surface area contributed by atoms with Crippen LogP contribution in [0.5, 0.6) is 0 Å². The molecule has 1 heterocycles. The van der Waals surface area contributed by atoms with Crippen molar-refractivity contribution in [2.45, 2.75) is 58.3 Å². The summed E-state index contributed by atoms with van der Waals surface area (Å²) >= 11 is 0. The van der Waals surface area contributed by atoms with Gasteiger partial charge in [-0.25, -0.2) is 0 Å². The van der Waals surface area contributed by atoms with Gasteiger partial charge in [0, 0.05) is 24.4 Å². The Bertz CT molecular complexity index is 533. The normalized spacial score (nSPS) is 27.1. The second-order valence-electron chi connectivity index (χ2n) is 8.40. The molecule has 25 heavy (non-hydrogen) atoms. The molecule has 2 aliphatic rings. The number of likely N-dealkylation sites (N-methyl/N-ethyl adjacent to an activating group) is 1. The molecule has 2 N–H and O–H groups in total. The first-order chi connectivity index (χ1) is 12.0. The molecule has 140 valence electrons. The summed E-state index contributed by atoms with van der Waals surface area (Å²) in [6, 6.07) is 9.36. The van der Waals surface area contributed by atoms with E-state index < -0.39 is 0 Å². The molecule has 3 rings (SSSR count). The molecule has 0 aromatic heterocycles. The van der Waals surface area contributed by atoms with Crippen LogP contribution < -0.4 is 5.73 Å². The van der Waals surface area contributed by atoms with Crippen LogP contribution in [-0.2, 0) is 6.42 Å². The Labute approximate surface area is 155 Å². The van der Waals surface area contributed by atoms with E-state index in [9.17, 15) is 0 Å². The lowest BCUT2D eigenvalue weighted by atomic mass is 9.75. The van der Waals surface area contributed by atoms with Gasteiger partial charge in [0.15, 0.2) is 0 Å². The Kier molecular flexibility index (Phi) is 7.71. The highest BCUT2D eigenvalue weighted by atomic mass is 15.1. The van der Waals surface area contributed by atoms with Crippen molar-refractivity contribution < 1.29 is 0 Å². The lowest BCUT2D eigenvalue weighted by molar-refractivity contribution is 0.302. The lowest BCUT2D eigenvalue weighted by Crippen LogP contribution is -2.34. The quantitative estimate of drug-likeness (QED) is 0.763. The van der Waals surface area contributed by atoms with Gasteiger partial charge in [0.25, 0.3) is 0 Å². The van der Waals surface area contributed by atoms with Crippen molar-refractivity contribution >= 4 is 0 Å². The van der Waals surface area contributed by atoms with Crippen LogP contribution in [0.2, 0.25) is 0 Å². The molecule has 2 heteroatoms. The highest BCUT2D eigenvalue weighted by Crippen LogP contribution is 2.41. The Balaban J connectivity index is 0.000000511. The van der Waals surface area contributed by atoms with Gasteiger partial charge < -0.3 is 10.6 Å². The fourth-order valence-electron chi connectivity index (χ4n) is 4.52. The van der Waals surface area contributed by atoms with Crippen LogP contribution in [0.3, 0.4) is 0 Å². The van der Waals surface area contributed by atoms with E-state index in [0.29, 0.717) is 5.92 Å². The van der Waals surface area contributed by atoms with Gasteiger partial charge in [0.2, 0.25) is 0 Å². The smallest absolute Gasteiger partial charge is 0.00537 e. The third-order valence-electron chi connectivity index (χ3n) is 6.07. The molecular weight excluding hydrogens is 304 g/mol. The second kappa shape index (κ2) is 9.54. The third-order valence-corrected chi connectivity index (χ3v) is 6.07. The molecule has 1 aliphatic heterocycles. The molecule has 0 amide bonds. The first-order valence-electron chi connectivity index (χ1n) is 10.1. The van der Waals surface area contributed by atoms with Crippen LogP contribution in [-0.4, -0.2) is 31.6 Å². The summed E-state index contributed by atoms with van der Waals surface area (Å²) in [6.07, 6.45) is 9.95. The molecule has 2 atom stereocenters. The van der Waals surface area contributed by atoms with Gasteiger partial charge in [-0.05, 0) is 43.5 Å².